The van der Waals surface area contributed by atoms with E-state index in [2.05, 4.69) is 9.71 Å². The standard InChI is InChI=1S/C17H15F2N3O2S/c1-22-11-10-20-17(22)16(12-6-2-3-7-13(12)18)21-25(23,24)15-9-5-4-8-14(15)19/h2-11,16,21H,1H3/t16-/m0/s1. The number of aromatic nitrogens is 2. The van der Waals surface area contributed by atoms with Crippen LogP contribution in [0, 0.1) is 11.6 Å². The molecule has 0 bridgehead atoms. The summed E-state index contributed by atoms with van der Waals surface area (Å²) in [5.41, 5.74) is 0.0942. The molecule has 2 aromatic carbocycles. The molecule has 0 amide bonds. The minimum Gasteiger partial charge on any atom is -0.336 e. The van der Waals surface area contributed by atoms with Crippen molar-refractivity contribution in [1.82, 2.24) is 14.3 Å². The van der Waals surface area contributed by atoms with E-state index in [1.54, 1.807) is 23.9 Å². The smallest absolute Gasteiger partial charge is 0.244 e. The summed E-state index contributed by atoms with van der Waals surface area (Å²) in [6, 6.07) is 9.66. The first-order valence-corrected chi connectivity index (χ1v) is 8.87. The van der Waals surface area contributed by atoms with Gasteiger partial charge < -0.3 is 4.57 Å². The first-order chi connectivity index (χ1) is 11.9. The molecule has 1 atom stereocenters. The quantitative estimate of drug-likeness (QED) is 0.758. The number of imidazole rings is 1. The van der Waals surface area contributed by atoms with Gasteiger partial charge in [-0.25, -0.2) is 22.2 Å². The van der Waals surface area contributed by atoms with E-state index in [0.717, 1.165) is 12.1 Å². The number of rotatable bonds is 5. The monoisotopic (exact) mass is 363 g/mol. The highest BCUT2D eigenvalue weighted by Gasteiger charge is 2.29. The molecule has 0 saturated carbocycles. The average Bonchev–Trinajstić information content (AvgIpc) is 2.99. The maximum atomic E-state index is 14.3. The molecule has 0 aliphatic rings. The van der Waals surface area contributed by atoms with Crippen LogP contribution in [0.1, 0.15) is 17.4 Å². The molecule has 0 unspecified atom stereocenters. The number of hydrogen-bond donors (Lipinski definition) is 1. The van der Waals surface area contributed by atoms with Crippen molar-refractivity contribution in [1.29, 1.82) is 0 Å². The van der Waals surface area contributed by atoms with Gasteiger partial charge in [-0.05, 0) is 18.2 Å². The second-order valence-electron chi connectivity index (χ2n) is 5.40. The normalized spacial score (nSPS) is 12.9. The fraction of sp³-hybridized carbons (Fsp3) is 0.118. The van der Waals surface area contributed by atoms with Crippen LogP contribution in [0.5, 0.6) is 0 Å². The van der Waals surface area contributed by atoms with Crippen molar-refractivity contribution < 1.29 is 17.2 Å². The lowest BCUT2D eigenvalue weighted by Gasteiger charge is -2.20. The predicted molar refractivity (Wildman–Crippen MR) is 88.2 cm³/mol. The molecule has 1 heterocycles. The van der Waals surface area contributed by atoms with Crippen LogP contribution in [0.4, 0.5) is 8.78 Å². The molecule has 1 aromatic heterocycles. The van der Waals surface area contributed by atoms with Crippen molar-refractivity contribution in [2.45, 2.75) is 10.9 Å². The molecule has 0 spiro atoms. The Kier molecular flexibility index (Phi) is 4.65. The van der Waals surface area contributed by atoms with Gasteiger partial charge in [0.15, 0.2) is 0 Å². The molecule has 0 radical (unpaired) electrons. The van der Waals surface area contributed by atoms with E-state index in [-0.39, 0.29) is 11.4 Å². The van der Waals surface area contributed by atoms with Gasteiger partial charge in [-0.3, -0.25) is 0 Å². The molecule has 1 N–H and O–H groups in total. The zero-order chi connectivity index (χ0) is 18.0. The Morgan fingerprint density at radius 2 is 1.68 bits per heavy atom. The number of hydrogen-bond acceptors (Lipinski definition) is 3. The molecule has 0 aliphatic carbocycles. The van der Waals surface area contributed by atoms with E-state index in [1.165, 1.54) is 36.5 Å². The van der Waals surface area contributed by atoms with Gasteiger partial charge in [0.2, 0.25) is 10.0 Å². The van der Waals surface area contributed by atoms with Gasteiger partial charge in [-0.1, -0.05) is 30.3 Å². The van der Waals surface area contributed by atoms with E-state index in [4.69, 9.17) is 0 Å². The maximum absolute atomic E-state index is 14.3. The highest BCUT2D eigenvalue weighted by Crippen LogP contribution is 2.26. The predicted octanol–water partition coefficient (Wildman–Crippen LogP) is 2.77. The van der Waals surface area contributed by atoms with E-state index in [1.807, 2.05) is 0 Å². The highest BCUT2D eigenvalue weighted by atomic mass is 32.2. The van der Waals surface area contributed by atoms with Crippen LogP contribution in [0.3, 0.4) is 0 Å². The zero-order valence-electron chi connectivity index (χ0n) is 13.2. The number of halogens is 2. The number of nitrogens with one attached hydrogen (secondary N) is 1. The Bertz CT molecular complexity index is 1000. The Balaban J connectivity index is 2.09. The SMILES string of the molecule is Cn1ccnc1[C@@H](NS(=O)(=O)c1ccccc1F)c1ccccc1F. The van der Waals surface area contributed by atoms with E-state index >= 15 is 0 Å². The summed E-state index contributed by atoms with van der Waals surface area (Å²) in [5, 5.41) is 0. The molecule has 3 aromatic rings. The van der Waals surface area contributed by atoms with Crippen LogP contribution >= 0.6 is 0 Å². The second-order valence-corrected chi connectivity index (χ2v) is 7.08. The lowest BCUT2D eigenvalue weighted by atomic mass is 10.1. The van der Waals surface area contributed by atoms with Crippen LogP contribution in [-0.4, -0.2) is 18.0 Å². The van der Waals surface area contributed by atoms with E-state index in [9.17, 15) is 17.2 Å². The zero-order valence-corrected chi connectivity index (χ0v) is 14.0. The molecular weight excluding hydrogens is 348 g/mol. The fourth-order valence-electron chi connectivity index (χ4n) is 2.50. The third kappa shape index (κ3) is 3.45. The molecule has 130 valence electrons. The first-order valence-electron chi connectivity index (χ1n) is 7.38. The molecule has 0 fully saturated rings. The molecule has 8 heteroatoms. The van der Waals surface area contributed by atoms with Crippen LogP contribution in [-0.2, 0) is 17.1 Å². The Morgan fingerprint density at radius 3 is 2.28 bits per heavy atom. The van der Waals surface area contributed by atoms with Gasteiger partial charge >= 0.3 is 0 Å². The molecule has 5 nitrogen and oxygen atoms in total. The van der Waals surface area contributed by atoms with Crippen molar-refractivity contribution >= 4 is 10.0 Å². The van der Waals surface area contributed by atoms with Crippen molar-refractivity contribution in [2.24, 2.45) is 7.05 Å². The van der Waals surface area contributed by atoms with Gasteiger partial charge in [0, 0.05) is 25.0 Å². The molecule has 3 rings (SSSR count). The van der Waals surface area contributed by atoms with Crippen LogP contribution in [0.25, 0.3) is 0 Å². The van der Waals surface area contributed by atoms with Crippen molar-refractivity contribution in [3.63, 3.8) is 0 Å². The van der Waals surface area contributed by atoms with E-state index in [0.29, 0.717) is 0 Å². The van der Waals surface area contributed by atoms with Crippen LogP contribution < -0.4 is 4.72 Å². The summed E-state index contributed by atoms with van der Waals surface area (Å²) in [6.45, 7) is 0. The summed E-state index contributed by atoms with van der Waals surface area (Å²) in [7, 11) is -2.58. The topological polar surface area (TPSA) is 64.0 Å². The van der Waals surface area contributed by atoms with Crippen molar-refractivity contribution in [3.8, 4) is 0 Å². The number of aryl methyl sites for hydroxylation is 1. The third-order valence-electron chi connectivity index (χ3n) is 3.73. The summed E-state index contributed by atoms with van der Waals surface area (Å²) in [4.78, 5) is 3.60. The summed E-state index contributed by atoms with van der Waals surface area (Å²) < 4.78 is 57.4. The van der Waals surface area contributed by atoms with Crippen molar-refractivity contribution in [2.75, 3.05) is 0 Å². The van der Waals surface area contributed by atoms with Gasteiger partial charge in [-0.15, -0.1) is 0 Å². The maximum Gasteiger partial charge on any atom is 0.244 e. The van der Waals surface area contributed by atoms with Gasteiger partial charge in [0.1, 0.15) is 28.4 Å². The van der Waals surface area contributed by atoms with Crippen molar-refractivity contribution in [3.05, 3.63) is 83.9 Å². The Labute approximate surface area is 144 Å². The minimum atomic E-state index is -4.24. The van der Waals surface area contributed by atoms with Gasteiger partial charge in [0.05, 0.1) is 0 Å². The second kappa shape index (κ2) is 6.73. The third-order valence-corrected chi connectivity index (χ3v) is 5.19. The Morgan fingerprint density at radius 1 is 1.04 bits per heavy atom. The molecular formula is C17H15F2N3O2S. The molecule has 0 saturated heterocycles. The largest absolute Gasteiger partial charge is 0.336 e. The van der Waals surface area contributed by atoms with Crippen LogP contribution in [0.15, 0.2) is 65.8 Å². The summed E-state index contributed by atoms with van der Waals surface area (Å²) in [6.07, 6.45) is 3.08. The molecule has 0 aliphatic heterocycles. The number of benzene rings is 2. The lowest BCUT2D eigenvalue weighted by Crippen LogP contribution is -2.32. The number of sulfonamides is 1. The Hall–Kier alpha value is -2.58. The minimum absolute atomic E-state index is 0.0942. The fourth-order valence-corrected chi connectivity index (χ4v) is 3.75. The number of nitrogens with zero attached hydrogens (tertiary/aromatic N) is 2. The first kappa shape index (κ1) is 17.2. The summed E-state index contributed by atoms with van der Waals surface area (Å²) >= 11 is 0. The highest BCUT2D eigenvalue weighted by molar-refractivity contribution is 7.89. The average molecular weight is 363 g/mol. The molecule has 25 heavy (non-hydrogen) atoms. The summed E-state index contributed by atoms with van der Waals surface area (Å²) in [5.74, 6) is -1.20. The van der Waals surface area contributed by atoms with E-state index < -0.39 is 32.6 Å². The van der Waals surface area contributed by atoms with Gasteiger partial charge in [-0.2, -0.15) is 4.72 Å². The lowest BCUT2D eigenvalue weighted by molar-refractivity contribution is 0.534. The van der Waals surface area contributed by atoms with Crippen LogP contribution in [0.2, 0.25) is 0 Å². The van der Waals surface area contributed by atoms with Gasteiger partial charge in [0.25, 0.3) is 0 Å².